The Kier molecular flexibility index (Phi) is 11.5. The number of aryl methyl sites for hydroxylation is 1. The molecule has 0 aliphatic carbocycles. The van der Waals surface area contributed by atoms with Crippen LogP contribution < -0.4 is 0 Å². The summed E-state index contributed by atoms with van der Waals surface area (Å²) in [6.07, 6.45) is 4.82. The van der Waals surface area contributed by atoms with E-state index >= 15 is 0 Å². The number of hydrogen-bond donors (Lipinski definition) is 1. The highest BCUT2D eigenvalue weighted by Gasteiger charge is 1.92. The molecule has 112 valence electrons. The summed E-state index contributed by atoms with van der Waals surface area (Å²) in [6, 6.07) is 20.0. The Morgan fingerprint density at radius 1 is 0.905 bits per heavy atom. The van der Waals surface area contributed by atoms with Gasteiger partial charge in [0.1, 0.15) is 0 Å². The number of rotatable bonds is 3. The largest absolute Gasteiger partial charge is 0.300 e. The molecule has 0 radical (unpaired) electrons. The van der Waals surface area contributed by atoms with Crippen LogP contribution in [0.2, 0.25) is 0 Å². The minimum atomic E-state index is 0.581. The highest BCUT2D eigenvalue weighted by molar-refractivity contribution is 6.06. The van der Waals surface area contributed by atoms with Gasteiger partial charge in [-0.1, -0.05) is 93.1 Å². The molecule has 1 heteroatoms. The van der Waals surface area contributed by atoms with Crippen molar-refractivity contribution in [2.75, 3.05) is 0 Å². The zero-order chi connectivity index (χ0) is 15.9. The first kappa shape index (κ1) is 18.9. The molecule has 0 saturated carbocycles. The molecule has 2 aromatic carbocycles. The maximum atomic E-state index is 7.65. The minimum Gasteiger partial charge on any atom is -0.300 e. The molecule has 0 bridgehead atoms. The van der Waals surface area contributed by atoms with Crippen LogP contribution in [0.1, 0.15) is 38.3 Å². The van der Waals surface area contributed by atoms with E-state index in [0.29, 0.717) is 5.71 Å². The summed E-state index contributed by atoms with van der Waals surface area (Å²) in [5, 5.41) is 7.65. The van der Waals surface area contributed by atoms with E-state index in [0.717, 1.165) is 12.0 Å². The molecular weight excluding hydrogens is 254 g/mol. The van der Waals surface area contributed by atoms with Crippen molar-refractivity contribution in [2.45, 2.75) is 34.1 Å². The molecule has 0 aliphatic heterocycles. The lowest BCUT2D eigenvalue weighted by atomic mass is 10.1. The molecule has 0 aliphatic rings. The Labute approximate surface area is 129 Å². The highest BCUT2D eigenvalue weighted by atomic mass is 14.4. The van der Waals surface area contributed by atoms with E-state index in [9.17, 15) is 0 Å². The summed E-state index contributed by atoms with van der Waals surface area (Å²) >= 11 is 0. The van der Waals surface area contributed by atoms with Gasteiger partial charge < -0.3 is 5.41 Å². The molecule has 0 unspecified atom stereocenters. The average molecular weight is 281 g/mol. The third-order valence-corrected chi connectivity index (χ3v) is 2.55. The van der Waals surface area contributed by atoms with Crippen molar-refractivity contribution < 1.29 is 0 Å². The Hall–Kier alpha value is -2.15. The maximum Gasteiger partial charge on any atom is 0.0609 e. The van der Waals surface area contributed by atoms with Crippen molar-refractivity contribution in [3.8, 4) is 0 Å². The van der Waals surface area contributed by atoms with Crippen LogP contribution >= 0.6 is 0 Å². The predicted octanol–water partition coefficient (Wildman–Crippen LogP) is 6.04. The van der Waals surface area contributed by atoms with Gasteiger partial charge in [-0.2, -0.15) is 0 Å². The third kappa shape index (κ3) is 9.39. The second-order valence-corrected chi connectivity index (χ2v) is 4.25. The van der Waals surface area contributed by atoms with Crippen molar-refractivity contribution in [1.82, 2.24) is 0 Å². The molecule has 0 heterocycles. The minimum absolute atomic E-state index is 0.581. The normalized spacial score (nSPS) is 9.14. The van der Waals surface area contributed by atoms with Gasteiger partial charge in [-0.05, 0) is 25.0 Å². The molecule has 0 amide bonds. The van der Waals surface area contributed by atoms with Gasteiger partial charge in [0.2, 0.25) is 0 Å². The molecule has 0 saturated heterocycles. The average Bonchev–Trinajstić information content (AvgIpc) is 2.56. The summed E-state index contributed by atoms with van der Waals surface area (Å²) in [7, 11) is 0. The van der Waals surface area contributed by atoms with Crippen LogP contribution in [0.5, 0.6) is 0 Å². The van der Waals surface area contributed by atoms with Gasteiger partial charge in [0, 0.05) is 0 Å². The van der Waals surface area contributed by atoms with E-state index in [2.05, 4.69) is 26.0 Å². The fourth-order valence-electron chi connectivity index (χ4n) is 1.48. The van der Waals surface area contributed by atoms with Gasteiger partial charge in [-0.3, -0.25) is 0 Å². The Morgan fingerprint density at radius 2 is 1.38 bits per heavy atom. The lowest BCUT2D eigenvalue weighted by Gasteiger charge is -1.95. The van der Waals surface area contributed by atoms with E-state index in [-0.39, 0.29) is 0 Å². The fraction of sp³-hybridized carbons (Fsp3) is 0.250. The molecule has 0 aromatic heterocycles. The van der Waals surface area contributed by atoms with Crippen LogP contribution in [0.15, 0.2) is 72.8 Å². The molecular formula is C20H27N. The van der Waals surface area contributed by atoms with Gasteiger partial charge >= 0.3 is 0 Å². The van der Waals surface area contributed by atoms with E-state index in [1.54, 1.807) is 0 Å². The summed E-state index contributed by atoms with van der Waals surface area (Å²) in [4.78, 5) is 0. The summed E-state index contributed by atoms with van der Waals surface area (Å²) in [6.45, 7) is 8.15. The van der Waals surface area contributed by atoms with Crippen molar-refractivity contribution in [3.63, 3.8) is 0 Å². The van der Waals surface area contributed by atoms with Crippen molar-refractivity contribution >= 4 is 5.71 Å². The summed E-state index contributed by atoms with van der Waals surface area (Å²) in [5.41, 5.74) is 2.88. The second-order valence-electron chi connectivity index (χ2n) is 4.25. The number of nitrogens with one attached hydrogen (secondary N) is 1. The van der Waals surface area contributed by atoms with Gasteiger partial charge in [-0.15, -0.1) is 0 Å². The van der Waals surface area contributed by atoms with E-state index in [4.69, 9.17) is 5.41 Å². The second kappa shape index (κ2) is 12.9. The Bertz CT molecular complexity index is 498. The molecule has 0 atom stereocenters. The molecule has 2 rings (SSSR count). The first-order chi connectivity index (χ1) is 10.2. The maximum absolute atomic E-state index is 7.65. The van der Waals surface area contributed by atoms with Crippen LogP contribution in [0.3, 0.4) is 0 Å². The fourth-order valence-corrected chi connectivity index (χ4v) is 1.48. The summed E-state index contributed by atoms with van der Waals surface area (Å²) in [5.74, 6) is 0. The van der Waals surface area contributed by atoms with Gasteiger partial charge in [0.25, 0.3) is 0 Å². The molecule has 0 fully saturated rings. The van der Waals surface area contributed by atoms with Crippen LogP contribution in [0.4, 0.5) is 0 Å². The van der Waals surface area contributed by atoms with E-state index in [1.807, 2.05) is 74.5 Å². The van der Waals surface area contributed by atoms with E-state index < -0.39 is 0 Å². The summed E-state index contributed by atoms with van der Waals surface area (Å²) < 4.78 is 0. The standard InChI is InChI=1S/C11H13N.C7H8.C2H6/c1-2-3-9-11(12)10-7-5-4-6-8-10;1-7-5-3-2-4-6-7;1-2/h3-9,12H,2H2,1H3;2-6H,1H3;1-2H3/b9-3-,12-11?;;. The van der Waals surface area contributed by atoms with Gasteiger partial charge in [0.15, 0.2) is 0 Å². The van der Waals surface area contributed by atoms with Crippen molar-refractivity contribution in [1.29, 1.82) is 5.41 Å². The predicted molar refractivity (Wildman–Crippen MR) is 95.2 cm³/mol. The SMILES string of the molecule is CC.CC/C=C\C(=N)c1ccccc1.Cc1ccccc1. The third-order valence-electron chi connectivity index (χ3n) is 2.55. The molecule has 2 aromatic rings. The molecule has 1 N–H and O–H groups in total. The number of benzene rings is 2. The number of hydrogen-bond acceptors (Lipinski definition) is 1. The quantitative estimate of drug-likeness (QED) is 0.663. The van der Waals surface area contributed by atoms with Crippen molar-refractivity contribution in [2.24, 2.45) is 0 Å². The van der Waals surface area contributed by atoms with Crippen molar-refractivity contribution in [3.05, 3.63) is 83.9 Å². The van der Waals surface area contributed by atoms with E-state index in [1.165, 1.54) is 5.56 Å². The first-order valence-corrected chi connectivity index (χ1v) is 7.56. The van der Waals surface area contributed by atoms with Crippen LogP contribution in [-0.2, 0) is 0 Å². The lowest BCUT2D eigenvalue weighted by molar-refractivity contribution is 1.22. The van der Waals surface area contributed by atoms with Crippen LogP contribution in [0.25, 0.3) is 0 Å². The van der Waals surface area contributed by atoms with Crippen LogP contribution in [-0.4, -0.2) is 5.71 Å². The monoisotopic (exact) mass is 281 g/mol. The molecule has 1 nitrogen and oxygen atoms in total. The zero-order valence-corrected chi connectivity index (χ0v) is 13.6. The Morgan fingerprint density at radius 3 is 1.76 bits per heavy atom. The topological polar surface area (TPSA) is 23.9 Å². The smallest absolute Gasteiger partial charge is 0.0609 e. The zero-order valence-electron chi connectivity index (χ0n) is 13.6. The van der Waals surface area contributed by atoms with Gasteiger partial charge in [-0.25, -0.2) is 0 Å². The van der Waals surface area contributed by atoms with Crippen LogP contribution in [0, 0.1) is 12.3 Å². The first-order valence-electron chi connectivity index (χ1n) is 7.56. The number of allylic oxidation sites excluding steroid dienone is 2. The highest BCUT2D eigenvalue weighted by Crippen LogP contribution is 2.00. The Balaban J connectivity index is 0.000000377. The van der Waals surface area contributed by atoms with Gasteiger partial charge in [0.05, 0.1) is 5.71 Å². The molecule has 21 heavy (non-hydrogen) atoms. The molecule has 0 spiro atoms. The lowest BCUT2D eigenvalue weighted by Crippen LogP contribution is -1.92.